The van der Waals surface area contributed by atoms with Crippen molar-refractivity contribution in [1.29, 1.82) is 0 Å². The van der Waals surface area contributed by atoms with Crippen LogP contribution in [0.2, 0.25) is 0 Å². The van der Waals surface area contributed by atoms with Gasteiger partial charge in [0.05, 0.1) is 25.8 Å². The van der Waals surface area contributed by atoms with Gasteiger partial charge in [0.2, 0.25) is 0 Å². The molecule has 0 bridgehead atoms. The van der Waals surface area contributed by atoms with Crippen LogP contribution in [0.3, 0.4) is 0 Å². The van der Waals surface area contributed by atoms with E-state index in [1.165, 1.54) is 30.6 Å². The zero-order valence-electron chi connectivity index (χ0n) is 17.7. The van der Waals surface area contributed by atoms with E-state index in [1.807, 2.05) is 31.2 Å². The second-order valence-corrected chi connectivity index (χ2v) is 10.8. The Hall–Kier alpha value is -3.04. The molecule has 1 N–H and O–H groups in total. The SMILES string of the molecule is Cc1nc2ccc(S(=O)(=O)Nc3cccc(-c4ccc(N5CCCCC5)nn4)c3)cc2s1. The predicted octanol–water partition coefficient (Wildman–Crippen LogP) is 4.85. The number of fused-ring (bicyclic) bond motifs is 1. The van der Waals surface area contributed by atoms with E-state index < -0.39 is 10.0 Å². The number of thiazole rings is 1. The van der Waals surface area contributed by atoms with E-state index in [0.717, 1.165) is 39.7 Å². The van der Waals surface area contributed by atoms with Crippen molar-refractivity contribution in [1.82, 2.24) is 15.2 Å². The van der Waals surface area contributed by atoms with Crippen LogP contribution < -0.4 is 9.62 Å². The first-order valence-electron chi connectivity index (χ1n) is 10.6. The minimum atomic E-state index is -3.73. The highest BCUT2D eigenvalue weighted by molar-refractivity contribution is 7.92. The van der Waals surface area contributed by atoms with Crippen LogP contribution >= 0.6 is 11.3 Å². The van der Waals surface area contributed by atoms with Gasteiger partial charge in [-0.25, -0.2) is 13.4 Å². The average Bonchev–Trinajstić information content (AvgIpc) is 3.19. The highest BCUT2D eigenvalue weighted by atomic mass is 32.2. The van der Waals surface area contributed by atoms with Gasteiger partial charge < -0.3 is 4.90 Å². The van der Waals surface area contributed by atoms with Gasteiger partial charge in [0.1, 0.15) is 0 Å². The zero-order valence-corrected chi connectivity index (χ0v) is 19.3. The molecule has 0 amide bonds. The quantitative estimate of drug-likeness (QED) is 0.453. The van der Waals surface area contributed by atoms with Crippen LogP contribution in [-0.2, 0) is 10.0 Å². The molecule has 2 aromatic heterocycles. The molecule has 32 heavy (non-hydrogen) atoms. The standard InChI is InChI=1S/C23H23N5O2S2/c1-16-24-21-9-8-19(15-22(21)31-16)32(29,30)27-18-7-5-6-17(14-18)20-10-11-23(26-25-20)28-12-3-2-4-13-28/h5-11,14-15,27H,2-4,12-13H2,1H3. The molecule has 2 aromatic carbocycles. The maximum absolute atomic E-state index is 13.0. The van der Waals surface area contributed by atoms with E-state index in [0.29, 0.717) is 11.4 Å². The van der Waals surface area contributed by atoms with Gasteiger partial charge in [0.25, 0.3) is 10.0 Å². The first kappa shape index (κ1) is 20.8. The molecule has 164 valence electrons. The normalized spacial score (nSPS) is 14.6. The van der Waals surface area contributed by atoms with E-state index in [9.17, 15) is 8.42 Å². The number of anilines is 2. The molecule has 0 radical (unpaired) electrons. The third-order valence-electron chi connectivity index (χ3n) is 5.52. The number of sulfonamides is 1. The smallest absolute Gasteiger partial charge is 0.261 e. The lowest BCUT2D eigenvalue weighted by atomic mass is 10.1. The van der Waals surface area contributed by atoms with Gasteiger partial charge in [-0.1, -0.05) is 12.1 Å². The minimum Gasteiger partial charge on any atom is -0.355 e. The first-order chi connectivity index (χ1) is 15.5. The Morgan fingerprint density at radius 1 is 0.969 bits per heavy atom. The Kier molecular flexibility index (Phi) is 5.52. The molecule has 0 spiro atoms. The van der Waals surface area contributed by atoms with Crippen LogP contribution in [0.15, 0.2) is 59.5 Å². The van der Waals surface area contributed by atoms with Gasteiger partial charge in [0.15, 0.2) is 5.82 Å². The fourth-order valence-corrected chi connectivity index (χ4v) is 5.93. The summed E-state index contributed by atoms with van der Waals surface area (Å²) in [5.41, 5.74) is 2.79. The molecule has 1 aliphatic heterocycles. The summed E-state index contributed by atoms with van der Waals surface area (Å²) in [5.74, 6) is 0.888. The van der Waals surface area contributed by atoms with Crippen molar-refractivity contribution in [2.75, 3.05) is 22.7 Å². The van der Waals surface area contributed by atoms with E-state index in [4.69, 9.17) is 0 Å². The van der Waals surface area contributed by atoms with Gasteiger partial charge in [-0.2, -0.15) is 0 Å². The number of nitrogens with zero attached hydrogens (tertiary/aromatic N) is 4. The summed E-state index contributed by atoms with van der Waals surface area (Å²) in [6, 6.07) is 16.1. The predicted molar refractivity (Wildman–Crippen MR) is 129 cm³/mol. The Balaban J connectivity index is 1.37. The molecule has 3 heterocycles. The van der Waals surface area contributed by atoms with Gasteiger partial charge in [-0.15, -0.1) is 21.5 Å². The Morgan fingerprint density at radius 3 is 2.59 bits per heavy atom. The van der Waals surface area contributed by atoms with Crippen molar-refractivity contribution in [2.45, 2.75) is 31.1 Å². The van der Waals surface area contributed by atoms with Crippen molar-refractivity contribution in [3.05, 3.63) is 59.6 Å². The molecular formula is C23H23N5O2S2. The average molecular weight is 466 g/mol. The van der Waals surface area contributed by atoms with E-state index in [-0.39, 0.29) is 4.90 Å². The summed E-state index contributed by atoms with van der Waals surface area (Å²) in [4.78, 5) is 6.86. The second-order valence-electron chi connectivity index (χ2n) is 7.87. The number of aryl methyl sites for hydroxylation is 1. The number of piperidine rings is 1. The minimum absolute atomic E-state index is 0.213. The molecule has 1 aliphatic rings. The molecule has 1 fully saturated rings. The van der Waals surface area contributed by atoms with Crippen molar-refractivity contribution >= 4 is 43.1 Å². The van der Waals surface area contributed by atoms with Crippen molar-refractivity contribution in [3.63, 3.8) is 0 Å². The van der Waals surface area contributed by atoms with Crippen molar-refractivity contribution < 1.29 is 8.42 Å². The van der Waals surface area contributed by atoms with Crippen LogP contribution in [0.5, 0.6) is 0 Å². The molecule has 7 nitrogen and oxygen atoms in total. The van der Waals surface area contributed by atoms with E-state index in [1.54, 1.807) is 30.3 Å². The summed E-state index contributed by atoms with van der Waals surface area (Å²) in [7, 11) is -3.73. The molecule has 1 saturated heterocycles. The highest BCUT2D eigenvalue weighted by Gasteiger charge is 2.17. The van der Waals surface area contributed by atoms with Crippen LogP contribution in [0.25, 0.3) is 21.5 Å². The second kappa shape index (κ2) is 8.48. The van der Waals surface area contributed by atoms with Gasteiger partial charge in [-0.05, 0) is 68.7 Å². The van der Waals surface area contributed by atoms with Crippen molar-refractivity contribution in [2.24, 2.45) is 0 Å². The molecule has 0 aliphatic carbocycles. The van der Waals surface area contributed by atoms with Gasteiger partial charge >= 0.3 is 0 Å². The fraction of sp³-hybridized carbons (Fsp3) is 0.261. The maximum atomic E-state index is 13.0. The molecular weight excluding hydrogens is 442 g/mol. The molecule has 0 unspecified atom stereocenters. The largest absolute Gasteiger partial charge is 0.355 e. The number of rotatable bonds is 5. The van der Waals surface area contributed by atoms with Crippen LogP contribution in [0.1, 0.15) is 24.3 Å². The van der Waals surface area contributed by atoms with Crippen molar-refractivity contribution in [3.8, 4) is 11.3 Å². The lowest BCUT2D eigenvalue weighted by Gasteiger charge is -2.27. The fourth-order valence-electron chi connectivity index (χ4n) is 3.91. The van der Waals surface area contributed by atoms with Crippen LogP contribution in [-0.4, -0.2) is 36.7 Å². The van der Waals surface area contributed by atoms with E-state index in [2.05, 4.69) is 24.8 Å². The Bertz CT molecular complexity index is 1360. The number of nitrogens with one attached hydrogen (secondary N) is 1. The summed E-state index contributed by atoms with van der Waals surface area (Å²) in [5, 5.41) is 9.68. The highest BCUT2D eigenvalue weighted by Crippen LogP contribution is 2.27. The maximum Gasteiger partial charge on any atom is 0.261 e. The summed E-state index contributed by atoms with van der Waals surface area (Å²) in [6.07, 6.45) is 3.63. The molecule has 0 atom stereocenters. The number of hydrogen-bond donors (Lipinski definition) is 1. The summed E-state index contributed by atoms with van der Waals surface area (Å²) < 4.78 is 29.4. The molecule has 0 saturated carbocycles. The molecule has 5 rings (SSSR count). The first-order valence-corrected chi connectivity index (χ1v) is 12.9. The molecule has 4 aromatic rings. The third-order valence-corrected chi connectivity index (χ3v) is 7.83. The van der Waals surface area contributed by atoms with Gasteiger partial charge in [-0.3, -0.25) is 4.72 Å². The van der Waals surface area contributed by atoms with E-state index >= 15 is 0 Å². The summed E-state index contributed by atoms with van der Waals surface area (Å²) in [6.45, 7) is 3.93. The Morgan fingerprint density at radius 2 is 1.81 bits per heavy atom. The topological polar surface area (TPSA) is 88.1 Å². The monoisotopic (exact) mass is 465 g/mol. The van der Waals surface area contributed by atoms with Gasteiger partial charge in [0, 0.05) is 24.3 Å². The van der Waals surface area contributed by atoms with Crippen LogP contribution in [0.4, 0.5) is 11.5 Å². The van der Waals surface area contributed by atoms with Crippen LogP contribution in [0, 0.1) is 6.92 Å². The number of hydrogen-bond acceptors (Lipinski definition) is 7. The third kappa shape index (κ3) is 4.31. The lowest BCUT2D eigenvalue weighted by molar-refractivity contribution is 0.571. The number of aromatic nitrogens is 3. The summed E-state index contributed by atoms with van der Waals surface area (Å²) >= 11 is 1.48. The Labute approximate surface area is 191 Å². The lowest BCUT2D eigenvalue weighted by Crippen LogP contribution is -2.30. The molecule has 9 heteroatoms. The number of benzene rings is 2. The zero-order chi connectivity index (χ0) is 22.1.